The van der Waals surface area contributed by atoms with Gasteiger partial charge in [0.2, 0.25) is 17.7 Å². The number of amides is 5. The van der Waals surface area contributed by atoms with Crippen molar-refractivity contribution < 1.29 is 37.4 Å². The molecule has 1 saturated carbocycles. The summed E-state index contributed by atoms with van der Waals surface area (Å²) in [6, 6.07) is 19.1. The van der Waals surface area contributed by atoms with Crippen LogP contribution in [0.25, 0.3) is 33.2 Å². The number of carbonyl (C=O) groups excluding carboxylic acids is 4. The monoisotopic (exact) mass is 959 g/mol. The summed E-state index contributed by atoms with van der Waals surface area (Å²) in [6.45, 7) is 3.78. The van der Waals surface area contributed by atoms with E-state index in [0.29, 0.717) is 31.0 Å². The number of hydrogen-bond donors (Lipinski definition) is 3. The van der Waals surface area contributed by atoms with Gasteiger partial charge in [-0.15, -0.1) is 0 Å². The second-order valence-corrected chi connectivity index (χ2v) is 18.9. The number of hydrogen-bond acceptors (Lipinski definition) is 9. The number of ether oxygens (including phenoxy) is 2. The first-order valence-electron chi connectivity index (χ1n) is 23.3. The molecule has 4 aliphatic rings. The van der Waals surface area contributed by atoms with Crippen LogP contribution in [-0.4, -0.2) is 87.5 Å². The number of aryl methyl sites for hydroxylation is 1. The van der Waals surface area contributed by atoms with Crippen molar-refractivity contribution in [1.82, 2.24) is 35.1 Å². The van der Waals surface area contributed by atoms with Crippen LogP contribution in [0.4, 0.5) is 19.4 Å². The molecule has 0 bridgehead atoms. The summed E-state index contributed by atoms with van der Waals surface area (Å²) < 4.78 is 47.8. The molecule has 358 valence electrons. The number of nitrogens with two attached hydrogens (primary N) is 1. The Kier molecular flexibility index (Phi) is 12.1. The van der Waals surface area contributed by atoms with E-state index >= 15 is 8.78 Å². The number of imide groups is 1. The van der Waals surface area contributed by atoms with Gasteiger partial charge < -0.3 is 25.4 Å². The molecule has 18 heteroatoms. The normalized spacial score (nSPS) is 21.9. The fourth-order valence-corrected chi connectivity index (χ4v) is 11.1. The van der Waals surface area contributed by atoms with Crippen molar-refractivity contribution in [2.45, 2.75) is 75.5 Å². The molecule has 2 saturated heterocycles. The highest BCUT2D eigenvalue weighted by Crippen LogP contribution is 2.56. The molecule has 4 aromatic carbocycles. The lowest BCUT2D eigenvalue weighted by atomic mass is 9.77. The van der Waals surface area contributed by atoms with E-state index in [2.05, 4.69) is 15.7 Å². The third kappa shape index (κ3) is 8.14. The second kappa shape index (κ2) is 18.2. The largest absolute Gasteiger partial charge is 0.494 e. The zero-order chi connectivity index (χ0) is 48.3. The fourth-order valence-electron chi connectivity index (χ4n) is 10.9. The van der Waals surface area contributed by atoms with E-state index in [0.717, 1.165) is 66.1 Å². The summed E-state index contributed by atoms with van der Waals surface area (Å²) >= 11 is 6.70. The topological polar surface area (TPSA) is 179 Å². The molecule has 4 N–H and O–H groups in total. The number of primary amides is 1. The molecule has 6 aromatic rings. The van der Waals surface area contributed by atoms with Gasteiger partial charge in [-0.05, 0) is 73.9 Å². The Bertz CT molecular complexity index is 3020. The number of piperidine rings is 1. The average molecular weight is 960 g/mol. The number of aromatic nitrogens is 4. The molecular formula is C51H52ClF2N9O6. The van der Waals surface area contributed by atoms with E-state index in [1.807, 2.05) is 84.5 Å². The van der Waals surface area contributed by atoms with Gasteiger partial charge in [-0.1, -0.05) is 54.9 Å². The summed E-state index contributed by atoms with van der Waals surface area (Å²) in [5.74, 6) is -2.84. The molecule has 15 nitrogen and oxygen atoms in total. The lowest BCUT2D eigenvalue weighted by Crippen LogP contribution is -2.49. The Morgan fingerprint density at radius 2 is 1.72 bits per heavy atom. The van der Waals surface area contributed by atoms with Crippen LogP contribution in [0.15, 0.2) is 79.1 Å². The number of nitrogens with zero attached hydrogens (tertiary/aromatic N) is 6. The highest BCUT2D eigenvalue weighted by molar-refractivity contribution is 6.34. The van der Waals surface area contributed by atoms with E-state index < -0.39 is 35.1 Å². The SMILES string of the molecule is COc1ccc(C(N)=O)c(-c2c(Cl)c(F)cc3c2C(C)C(CNC2CCC(C(=O)N4CCC(n5cc(-c6ccc7c(N8CCC(=O)NC8=O)nn(C)c7c6)cn5)CC4)CC2)(c2ccccc2)O3)c1F. The lowest BCUT2D eigenvalue weighted by molar-refractivity contribution is -0.138. The van der Waals surface area contributed by atoms with Crippen LogP contribution in [0, 0.1) is 17.6 Å². The van der Waals surface area contributed by atoms with Crippen LogP contribution < -0.4 is 30.7 Å². The van der Waals surface area contributed by atoms with Gasteiger partial charge in [0.05, 0.1) is 35.5 Å². The molecular weight excluding hydrogens is 908 g/mol. The molecule has 5 amide bonds. The highest BCUT2D eigenvalue weighted by atomic mass is 35.5. The van der Waals surface area contributed by atoms with Crippen LogP contribution in [-0.2, 0) is 22.2 Å². The molecule has 5 heterocycles. The van der Waals surface area contributed by atoms with Crippen molar-refractivity contribution in [2.24, 2.45) is 18.7 Å². The summed E-state index contributed by atoms with van der Waals surface area (Å²) in [4.78, 5) is 54.4. The van der Waals surface area contributed by atoms with Crippen molar-refractivity contribution in [1.29, 1.82) is 0 Å². The number of likely N-dealkylation sites (tertiary alicyclic amines) is 1. The third-order valence-electron chi connectivity index (χ3n) is 14.7. The van der Waals surface area contributed by atoms with Gasteiger partial charge in [-0.3, -0.25) is 34.0 Å². The number of urea groups is 1. The number of nitrogens with one attached hydrogen (secondary N) is 2. The van der Waals surface area contributed by atoms with E-state index in [9.17, 15) is 19.2 Å². The number of rotatable bonds is 11. The van der Waals surface area contributed by atoms with Crippen LogP contribution >= 0.6 is 11.6 Å². The van der Waals surface area contributed by atoms with Gasteiger partial charge in [-0.2, -0.15) is 10.2 Å². The molecule has 1 aliphatic carbocycles. The Morgan fingerprint density at radius 3 is 2.43 bits per heavy atom. The number of anilines is 1. The standard InChI is InChI=1S/C51H52ClF2N9O6/c1-28-42-40(24-37(53)45(52)44(42)43-36(47(55)65)15-16-39(68-3)46(43)54)69-51(28,32-7-5-4-6-8-32)27-56-33-12-9-29(10-13-33)49(66)61-20-17-34(18-21-61)63-26-31(25-57-63)30-11-14-35-38(23-30)60(2)59-48(35)62-22-19-41(64)58-50(62)67/h4-8,11,14-16,23-26,28-29,33-34,56H,9-10,12-13,17-22,27H2,1-3H3,(H2,55,65)(H,58,64,67). The van der Waals surface area contributed by atoms with Gasteiger partial charge in [0, 0.05) is 97.4 Å². The Labute approximate surface area is 401 Å². The minimum Gasteiger partial charge on any atom is -0.494 e. The third-order valence-corrected chi connectivity index (χ3v) is 15.1. The number of fused-ring (bicyclic) bond motifs is 2. The predicted octanol–water partition coefficient (Wildman–Crippen LogP) is 7.99. The van der Waals surface area contributed by atoms with Crippen LogP contribution in [0.1, 0.15) is 85.3 Å². The summed E-state index contributed by atoms with van der Waals surface area (Å²) in [5.41, 5.74) is 8.23. The minimum atomic E-state index is -1.08. The van der Waals surface area contributed by atoms with E-state index in [1.165, 1.54) is 30.2 Å². The van der Waals surface area contributed by atoms with Crippen LogP contribution in [0.3, 0.4) is 0 Å². The summed E-state index contributed by atoms with van der Waals surface area (Å²) in [5, 5.41) is 15.9. The molecule has 2 unspecified atom stereocenters. The van der Waals surface area contributed by atoms with Crippen molar-refractivity contribution in [2.75, 3.05) is 38.2 Å². The molecule has 0 radical (unpaired) electrons. The first-order valence-corrected chi connectivity index (χ1v) is 23.7. The molecule has 3 aliphatic heterocycles. The van der Waals surface area contributed by atoms with Gasteiger partial charge in [-0.25, -0.2) is 13.6 Å². The smallest absolute Gasteiger partial charge is 0.329 e. The molecule has 2 aromatic heterocycles. The molecule has 2 atom stereocenters. The van der Waals surface area contributed by atoms with Gasteiger partial charge >= 0.3 is 6.03 Å². The molecule has 3 fully saturated rings. The van der Waals surface area contributed by atoms with Crippen molar-refractivity contribution >= 4 is 52.1 Å². The maximum Gasteiger partial charge on any atom is 0.329 e. The van der Waals surface area contributed by atoms with Gasteiger partial charge in [0.1, 0.15) is 11.6 Å². The van der Waals surface area contributed by atoms with E-state index in [4.69, 9.17) is 31.9 Å². The maximum atomic E-state index is 16.2. The molecule has 0 spiro atoms. The highest BCUT2D eigenvalue weighted by Gasteiger charge is 2.50. The first kappa shape index (κ1) is 45.9. The summed E-state index contributed by atoms with van der Waals surface area (Å²) in [7, 11) is 3.12. The van der Waals surface area contributed by atoms with Crippen LogP contribution in [0.2, 0.25) is 5.02 Å². The maximum absolute atomic E-state index is 16.2. The lowest BCUT2D eigenvalue weighted by Gasteiger charge is -2.38. The zero-order valence-electron chi connectivity index (χ0n) is 38.4. The summed E-state index contributed by atoms with van der Waals surface area (Å²) in [6.07, 6.45) is 8.63. The molecule has 69 heavy (non-hydrogen) atoms. The number of benzene rings is 4. The van der Waals surface area contributed by atoms with Gasteiger partial charge in [0.25, 0.3) is 0 Å². The van der Waals surface area contributed by atoms with Gasteiger partial charge in [0.15, 0.2) is 23.0 Å². The Balaban J connectivity index is 0.781. The number of carbonyl (C=O) groups is 4. The number of halogens is 3. The van der Waals surface area contributed by atoms with Crippen molar-refractivity contribution in [3.63, 3.8) is 0 Å². The molecule has 10 rings (SSSR count). The van der Waals surface area contributed by atoms with Crippen molar-refractivity contribution in [3.05, 3.63) is 112 Å². The van der Waals surface area contributed by atoms with E-state index in [-0.39, 0.29) is 76.0 Å². The van der Waals surface area contributed by atoms with E-state index in [1.54, 1.807) is 4.68 Å². The van der Waals surface area contributed by atoms with Crippen LogP contribution in [0.5, 0.6) is 11.5 Å². The minimum absolute atomic E-state index is 0.0121. The first-order chi connectivity index (χ1) is 33.3. The predicted molar refractivity (Wildman–Crippen MR) is 255 cm³/mol. The zero-order valence-corrected chi connectivity index (χ0v) is 39.2. The Hall–Kier alpha value is -6.85. The number of methoxy groups -OCH3 is 1. The second-order valence-electron chi connectivity index (χ2n) is 18.5. The Morgan fingerprint density at radius 1 is 0.971 bits per heavy atom. The van der Waals surface area contributed by atoms with Crippen molar-refractivity contribution in [3.8, 4) is 33.8 Å². The fraction of sp³-hybridized carbons (Fsp3) is 0.373. The quantitative estimate of drug-likeness (QED) is 0.116. The average Bonchev–Trinajstić information content (AvgIpc) is 4.06.